The highest BCUT2D eigenvalue weighted by Crippen LogP contribution is 2.41. The van der Waals surface area contributed by atoms with Crippen LogP contribution in [0, 0.1) is 5.92 Å². The fraction of sp³-hybridized carbons (Fsp3) is 0.423. The fourth-order valence-corrected chi connectivity index (χ4v) is 6.28. The number of fused-ring (bicyclic) bond motifs is 2. The first-order valence-corrected chi connectivity index (χ1v) is 12.3. The Morgan fingerprint density at radius 1 is 1.19 bits per heavy atom. The predicted molar refractivity (Wildman–Crippen MR) is 128 cm³/mol. The molecule has 1 amide bonds. The van der Waals surface area contributed by atoms with Crippen LogP contribution in [0.15, 0.2) is 36.4 Å². The van der Waals surface area contributed by atoms with Gasteiger partial charge in [-0.1, -0.05) is 31.5 Å². The Labute approximate surface area is 192 Å². The number of anilines is 1. The summed E-state index contributed by atoms with van der Waals surface area (Å²) in [4.78, 5) is 32.6. The lowest BCUT2D eigenvalue weighted by Crippen LogP contribution is -2.38. The smallest absolute Gasteiger partial charge is 0.340 e. The molecule has 0 spiro atoms. The Bertz CT molecular complexity index is 1180. The summed E-state index contributed by atoms with van der Waals surface area (Å²) in [5.74, 6) is 0.820. The summed E-state index contributed by atoms with van der Waals surface area (Å²) in [6.45, 7) is 2.82. The Kier molecular flexibility index (Phi) is 5.72. The van der Waals surface area contributed by atoms with Gasteiger partial charge in [-0.05, 0) is 61.8 Å². The van der Waals surface area contributed by atoms with Crippen LogP contribution in [0.3, 0.4) is 0 Å². The molecule has 2 aliphatic rings. The van der Waals surface area contributed by atoms with Crippen LogP contribution in [-0.2, 0) is 11.2 Å². The standard InChI is InChI=1S/C26H28N2O3S/c1-3-16-8-10-18(11-9-16)24-27-21-14-20(26(30)31-2)22(15-23(21)32-24)28-13-12-17-6-4-5-7-19(17)25(28)29/h4-7,14-16,18H,3,8-13H2,1-2H3. The lowest BCUT2D eigenvalue weighted by atomic mass is 9.81. The minimum absolute atomic E-state index is 0.0704. The quantitative estimate of drug-likeness (QED) is 0.462. The molecule has 1 fully saturated rings. The van der Waals surface area contributed by atoms with E-state index in [4.69, 9.17) is 9.72 Å². The highest BCUT2D eigenvalue weighted by molar-refractivity contribution is 7.18. The minimum Gasteiger partial charge on any atom is -0.465 e. The van der Waals surface area contributed by atoms with E-state index in [0.29, 0.717) is 29.3 Å². The molecular weight excluding hydrogens is 420 g/mol. The number of hydrogen-bond acceptors (Lipinski definition) is 5. The summed E-state index contributed by atoms with van der Waals surface area (Å²) < 4.78 is 6.09. The van der Waals surface area contributed by atoms with Crippen molar-refractivity contribution in [3.63, 3.8) is 0 Å². The van der Waals surface area contributed by atoms with Gasteiger partial charge < -0.3 is 9.64 Å². The highest BCUT2D eigenvalue weighted by atomic mass is 32.1. The van der Waals surface area contributed by atoms with E-state index in [1.807, 2.05) is 36.4 Å². The van der Waals surface area contributed by atoms with Crippen molar-refractivity contribution < 1.29 is 14.3 Å². The van der Waals surface area contributed by atoms with Crippen LogP contribution >= 0.6 is 11.3 Å². The number of carbonyl (C=O) groups is 2. The molecule has 32 heavy (non-hydrogen) atoms. The number of rotatable bonds is 4. The van der Waals surface area contributed by atoms with Gasteiger partial charge in [0.2, 0.25) is 0 Å². The number of methoxy groups -OCH3 is 1. The van der Waals surface area contributed by atoms with Crippen molar-refractivity contribution >= 4 is 39.1 Å². The monoisotopic (exact) mass is 448 g/mol. The third-order valence-corrected chi connectivity index (χ3v) is 8.27. The number of hydrogen-bond donors (Lipinski definition) is 0. The summed E-state index contributed by atoms with van der Waals surface area (Å²) in [7, 11) is 1.38. The highest BCUT2D eigenvalue weighted by Gasteiger charge is 2.30. The van der Waals surface area contributed by atoms with E-state index < -0.39 is 5.97 Å². The Morgan fingerprint density at radius 2 is 1.97 bits per heavy atom. The molecule has 0 bridgehead atoms. The third-order valence-electron chi connectivity index (χ3n) is 7.09. The van der Waals surface area contributed by atoms with Gasteiger partial charge in [0.25, 0.3) is 5.91 Å². The zero-order valence-corrected chi connectivity index (χ0v) is 19.4. The molecule has 1 aliphatic heterocycles. The van der Waals surface area contributed by atoms with Crippen LogP contribution in [0.5, 0.6) is 0 Å². The van der Waals surface area contributed by atoms with Gasteiger partial charge in [-0.15, -0.1) is 11.3 Å². The molecule has 2 aromatic carbocycles. The van der Waals surface area contributed by atoms with E-state index in [1.165, 1.54) is 39.2 Å². The largest absolute Gasteiger partial charge is 0.465 e. The van der Waals surface area contributed by atoms with Crippen molar-refractivity contribution in [2.45, 2.75) is 51.4 Å². The van der Waals surface area contributed by atoms with Gasteiger partial charge in [0.1, 0.15) is 0 Å². The summed E-state index contributed by atoms with van der Waals surface area (Å²) in [6.07, 6.45) is 6.89. The molecule has 3 aromatic rings. The van der Waals surface area contributed by atoms with E-state index in [9.17, 15) is 9.59 Å². The molecule has 5 rings (SSSR count). The van der Waals surface area contributed by atoms with Gasteiger partial charge in [-0.25, -0.2) is 9.78 Å². The molecule has 0 unspecified atom stereocenters. The lowest BCUT2D eigenvalue weighted by Gasteiger charge is -2.29. The van der Waals surface area contributed by atoms with Gasteiger partial charge in [-0.2, -0.15) is 0 Å². The van der Waals surface area contributed by atoms with Gasteiger partial charge in [0, 0.05) is 18.0 Å². The second-order valence-corrected chi connectivity index (χ2v) is 9.93. The molecule has 0 saturated heterocycles. The van der Waals surface area contributed by atoms with Gasteiger partial charge in [0.15, 0.2) is 0 Å². The second-order valence-electron chi connectivity index (χ2n) is 8.87. The topological polar surface area (TPSA) is 59.5 Å². The molecule has 1 saturated carbocycles. The summed E-state index contributed by atoms with van der Waals surface area (Å²) in [5, 5.41) is 1.15. The molecule has 0 N–H and O–H groups in total. The van der Waals surface area contributed by atoms with Crippen LogP contribution in [0.2, 0.25) is 0 Å². The number of esters is 1. The lowest BCUT2D eigenvalue weighted by molar-refractivity contribution is 0.0601. The van der Waals surface area contributed by atoms with Gasteiger partial charge in [0.05, 0.1) is 33.6 Å². The predicted octanol–water partition coefficient (Wildman–Crippen LogP) is 5.97. The second kappa shape index (κ2) is 8.66. The van der Waals surface area contributed by atoms with E-state index in [1.54, 1.807) is 16.2 Å². The van der Waals surface area contributed by atoms with E-state index in [0.717, 1.165) is 33.1 Å². The van der Waals surface area contributed by atoms with Crippen molar-refractivity contribution in [3.05, 3.63) is 58.1 Å². The molecule has 2 heterocycles. The first-order chi connectivity index (χ1) is 15.6. The molecule has 166 valence electrons. The van der Waals surface area contributed by atoms with E-state index >= 15 is 0 Å². The van der Waals surface area contributed by atoms with Crippen LogP contribution in [-0.4, -0.2) is 30.5 Å². The summed E-state index contributed by atoms with van der Waals surface area (Å²) >= 11 is 1.70. The first kappa shape index (κ1) is 21.1. The van der Waals surface area contributed by atoms with E-state index in [2.05, 4.69) is 6.92 Å². The average Bonchev–Trinajstić information content (AvgIpc) is 3.26. The zero-order valence-electron chi connectivity index (χ0n) is 18.6. The molecule has 0 radical (unpaired) electrons. The average molecular weight is 449 g/mol. The maximum atomic E-state index is 13.3. The Morgan fingerprint density at radius 3 is 2.72 bits per heavy atom. The maximum absolute atomic E-state index is 13.3. The molecule has 0 atom stereocenters. The zero-order chi connectivity index (χ0) is 22.2. The Hall–Kier alpha value is -2.73. The number of benzene rings is 2. The van der Waals surface area contributed by atoms with E-state index in [-0.39, 0.29) is 5.91 Å². The summed E-state index contributed by atoms with van der Waals surface area (Å²) in [6, 6.07) is 11.5. The number of thiazole rings is 1. The van der Waals surface area contributed by atoms with Crippen molar-refractivity contribution in [1.29, 1.82) is 0 Å². The van der Waals surface area contributed by atoms with Crippen LogP contribution in [0.1, 0.15) is 76.2 Å². The number of ether oxygens (including phenoxy) is 1. The van der Waals surface area contributed by atoms with Crippen molar-refractivity contribution in [1.82, 2.24) is 4.98 Å². The molecule has 1 aliphatic carbocycles. The van der Waals surface area contributed by atoms with Crippen LogP contribution in [0.4, 0.5) is 5.69 Å². The number of amides is 1. The first-order valence-electron chi connectivity index (χ1n) is 11.5. The fourth-order valence-electron chi connectivity index (χ4n) is 5.13. The summed E-state index contributed by atoms with van der Waals surface area (Å²) in [5.41, 5.74) is 3.59. The van der Waals surface area contributed by atoms with Crippen molar-refractivity contribution in [2.24, 2.45) is 5.92 Å². The molecular formula is C26H28N2O3S. The number of carbonyl (C=O) groups excluding carboxylic acids is 2. The van der Waals surface area contributed by atoms with Crippen molar-refractivity contribution in [3.8, 4) is 0 Å². The van der Waals surface area contributed by atoms with Crippen LogP contribution in [0.25, 0.3) is 10.2 Å². The molecule has 6 heteroatoms. The number of aromatic nitrogens is 1. The molecule has 5 nitrogen and oxygen atoms in total. The van der Waals surface area contributed by atoms with Crippen LogP contribution < -0.4 is 4.90 Å². The van der Waals surface area contributed by atoms with Gasteiger partial charge >= 0.3 is 5.97 Å². The maximum Gasteiger partial charge on any atom is 0.340 e. The van der Waals surface area contributed by atoms with Gasteiger partial charge in [-0.3, -0.25) is 4.79 Å². The Balaban J connectivity index is 1.53. The molecule has 1 aromatic heterocycles. The number of nitrogens with zero attached hydrogens (tertiary/aromatic N) is 2. The third kappa shape index (κ3) is 3.71. The normalized spacial score (nSPS) is 20.9. The minimum atomic E-state index is -0.438. The van der Waals surface area contributed by atoms with Crippen molar-refractivity contribution in [2.75, 3.05) is 18.6 Å². The SMILES string of the molecule is CCC1CCC(c2nc3cc(C(=O)OC)c(N4CCc5ccccc5C4=O)cc3s2)CC1.